The van der Waals surface area contributed by atoms with E-state index in [2.05, 4.69) is 5.32 Å². The summed E-state index contributed by atoms with van der Waals surface area (Å²) in [6, 6.07) is 4.10. The third kappa shape index (κ3) is 5.30. The van der Waals surface area contributed by atoms with Gasteiger partial charge in [-0.15, -0.1) is 0 Å². The zero-order chi connectivity index (χ0) is 22.1. The first-order valence-corrected chi connectivity index (χ1v) is 9.92. The highest BCUT2D eigenvalue weighted by atomic mass is 35.5. The van der Waals surface area contributed by atoms with E-state index in [0.717, 1.165) is 10.4 Å². The molecular weight excluding hydrogens is 458 g/mol. The van der Waals surface area contributed by atoms with Crippen LogP contribution in [-0.4, -0.2) is 37.3 Å². The smallest absolute Gasteiger partial charge is 0.324 e. The van der Waals surface area contributed by atoms with Crippen molar-refractivity contribution >= 4 is 44.8 Å². The fourth-order valence-corrected chi connectivity index (χ4v) is 3.82. The van der Waals surface area contributed by atoms with Crippen LogP contribution in [0.3, 0.4) is 0 Å². The van der Waals surface area contributed by atoms with E-state index in [1.165, 1.54) is 26.2 Å². The van der Waals surface area contributed by atoms with Gasteiger partial charge in [-0.3, -0.25) is 9.59 Å². The zero-order valence-electron chi connectivity index (χ0n) is 14.9. The number of nitrogens with one attached hydrogen (secondary N) is 1. The summed E-state index contributed by atoms with van der Waals surface area (Å²) >= 11 is 11.4. The van der Waals surface area contributed by atoms with Gasteiger partial charge in [0.05, 0.1) is 10.6 Å². The van der Waals surface area contributed by atoms with Crippen molar-refractivity contribution in [1.29, 1.82) is 0 Å². The fourth-order valence-electron chi connectivity index (χ4n) is 2.20. The summed E-state index contributed by atoms with van der Waals surface area (Å²) in [5, 5.41) is 1.53. The topological polar surface area (TPSA) is 88.5 Å². The first-order chi connectivity index (χ1) is 13.2. The standard InChI is InChI=1S/C16H14Cl2F3N3O4S/c1-23(2)29(27,28)13-6-10(3-4-11(13)17)22-14(25)8-24-7-9(16(19,20)21)5-12(18)15(24)26/h3-7H,8H2,1-2H3,(H,22,25). The lowest BCUT2D eigenvalue weighted by Crippen LogP contribution is -2.29. The predicted molar refractivity (Wildman–Crippen MR) is 102 cm³/mol. The van der Waals surface area contributed by atoms with Gasteiger partial charge in [-0.2, -0.15) is 13.2 Å². The number of rotatable bonds is 5. The molecule has 0 spiro atoms. The van der Waals surface area contributed by atoms with E-state index in [0.29, 0.717) is 16.8 Å². The highest BCUT2D eigenvalue weighted by molar-refractivity contribution is 7.89. The second-order valence-electron chi connectivity index (χ2n) is 5.99. The second-order valence-corrected chi connectivity index (χ2v) is 8.92. The minimum absolute atomic E-state index is 0.0194. The van der Waals surface area contributed by atoms with Gasteiger partial charge in [0.1, 0.15) is 16.5 Å². The van der Waals surface area contributed by atoms with Crippen LogP contribution in [0.15, 0.2) is 40.2 Å². The molecule has 0 unspecified atom stereocenters. The molecule has 0 bridgehead atoms. The second kappa shape index (κ2) is 8.34. The number of hydrogen-bond acceptors (Lipinski definition) is 4. The van der Waals surface area contributed by atoms with Crippen molar-refractivity contribution in [3.63, 3.8) is 0 Å². The lowest BCUT2D eigenvalue weighted by molar-refractivity contribution is -0.138. The van der Waals surface area contributed by atoms with Crippen LogP contribution in [0.4, 0.5) is 18.9 Å². The van der Waals surface area contributed by atoms with Crippen molar-refractivity contribution in [3.8, 4) is 0 Å². The Hall–Kier alpha value is -2.08. The highest BCUT2D eigenvalue weighted by Crippen LogP contribution is 2.30. The molecule has 0 atom stereocenters. The van der Waals surface area contributed by atoms with Gasteiger partial charge in [0.2, 0.25) is 15.9 Å². The summed E-state index contributed by atoms with van der Waals surface area (Å²) in [4.78, 5) is 23.8. The highest BCUT2D eigenvalue weighted by Gasteiger charge is 2.32. The SMILES string of the molecule is CN(C)S(=O)(=O)c1cc(NC(=O)Cn2cc(C(F)(F)F)cc(Cl)c2=O)ccc1Cl. The lowest BCUT2D eigenvalue weighted by Gasteiger charge is -2.15. The summed E-state index contributed by atoms with van der Waals surface area (Å²) in [5.41, 5.74) is -2.16. The van der Waals surface area contributed by atoms with E-state index in [9.17, 15) is 31.2 Å². The molecule has 0 aliphatic carbocycles. The summed E-state index contributed by atoms with van der Waals surface area (Å²) in [6.45, 7) is -0.777. The molecule has 1 aromatic carbocycles. The average Bonchev–Trinajstić information content (AvgIpc) is 2.59. The van der Waals surface area contributed by atoms with Crippen LogP contribution in [0.5, 0.6) is 0 Å². The lowest BCUT2D eigenvalue weighted by atomic mass is 10.2. The Morgan fingerprint density at radius 1 is 1.17 bits per heavy atom. The van der Waals surface area contributed by atoms with Gasteiger partial charge in [-0.1, -0.05) is 23.2 Å². The van der Waals surface area contributed by atoms with Gasteiger partial charge in [-0.25, -0.2) is 12.7 Å². The first kappa shape index (κ1) is 23.2. The molecule has 29 heavy (non-hydrogen) atoms. The van der Waals surface area contributed by atoms with Crippen LogP contribution in [-0.2, 0) is 27.5 Å². The van der Waals surface area contributed by atoms with E-state index >= 15 is 0 Å². The maximum absolute atomic E-state index is 12.9. The van der Waals surface area contributed by atoms with E-state index in [1.54, 1.807) is 0 Å². The molecule has 0 saturated carbocycles. The first-order valence-electron chi connectivity index (χ1n) is 7.72. The zero-order valence-corrected chi connectivity index (χ0v) is 17.2. The number of aromatic nitrogens is 1. The van der Waals surface area contributed by atoms with Crippen molar-refractivity contribution in [2.45, 2.75) is 17.6 Å². The van der Waals surface area contributed by atoms with E-state index in [4.69, 9.17) is 23.2 Å². The van der Waals surface area contributed by atoms with Gasteiger partial charge in [0, 0.05) is 26.0 Å². The summed E-state index contributed by atoms with van der Waals surface area (Å²) in [7, 11) is -1.32. The third-order valence-electron chi connectivity index (χ3n) is 3.66. The largest absolute Gasteiger partial charge is 0.417 e. The normalized spacial score (nSPS) is 12.3. The number of amides is 1. The number of alkyl halides is 3. The Labute approximate surface area is 173 Å². The Morgan fingerprint density at radius 2 is 1.79 bits per heavy atom. The van der Waals surface area contributed by atoms with Crippen LogP contribution >= 0.6 is 23.2 Å². The Kier molecular flexibility index (Phi) is 6.68. The number of sulfonamides is 1. The van der Waals surface area contributed by atoms with Gasteiger partial charge in [0.15, 0.2) is 0 Å². The van der Waals surface area contributed by atoms with E-state index in [-0.39, 0.29) is 15.6 Å². The molecule has 7 nitrogen and oxygen atoms in total. The Bertz CT molecular complexity index is 1120. The molecule has 13 heteroatoms. The number of nitrogens with zero attached hydrogens (tertiary/aromatic N) is 2. The van der Waals surface area contributed by atoms with Crippen LogP contribution < -0.4 is 10.9 Å². The molecule has 1 aromatic heterocycles. The van der Waals surface area contributed by atoms with Crippen LogP contribution in [0.1, 0.15) is 5.56 Å². The van der Waals surface area contributed by atoms with Crippen molar-refractivity contribution < 1.29 is 26.4 Å². The molecular formula is C16H14Cl2F3N3O4S. The maximum Gasteiger partial charge on any atom is 0.417 e. The van der Waals surface area contributed by atoms with Crippen molar-refractivity contribution in [2.24, 2.45) is 0 Å². The predicted octanol–water partition coefficient (Wildman–Crippen LogP) is 3.06. The number of halogens is 5. The average molecular weight is 472 g/mol. The summed E-state index contributed by atoms with van der Waals surface area (Å²) in [6.07, 6.45) is -4.29. The Morgan fingerprint density at radius 3 is 2.34 bits per heavy atom. The molecule has 2 aromatic rings. The van der Waals surface area contributed by atoms with Crippen LogP contribution in [0.25, 0.3) is 0 Å². The van der Waals surface area contributed by atoms with Crippen LogP contribution in [0, 0.1) is 0 Å². The van der Waals surface area contributed by atoms with E-state index < -0.39 is 44.8 Å². The fraction of sp³-hybridized carbons (Fsp3) is 0.250. The van der Waals surface area contributed by atoms with Crippen molar-refractivity contribution in [3.05, 3.63) is 56.4 Å². The van der Waals surface area contributed by atoms with Gasteiger partial charge >= 0.3 is 6.18 Å². The van der Waals surface area contributed by atoms with Gasteiger partial charge < -0.3 is 9.88 Å². The van der Waals surface area contributed by atoms with Crippen molar-refractivity contribution in [2.75, 3.05) is 19.4 Å². The minimum atomic E-state index is -4.76. The molecule has 158 valence electrons. The van der Waals surface area contributed by atoms with Crippen LogP contribution in [0.2, 0.25) is 10.0 Å². The maximum atomic E-state index is 12.9. The molecule has 0 aliphatic rings. The summed E-state index contributed by atoms with van der Waals surface area (Å²) in [5.74, 6) is -0.877. The number of benzene rings is 1. The number of anilines is 1. The van der Waals surface area contributed by atoms with E-state index in [1.807, 2.05) is 0 Å². The quantitative estimate of drug-likeness (QED) is 0.725. The van der Waals surface area contributed by atoms with Gasteiger partial charge in [0.25, 0.3) is 5.56 Å². The molecule has 0 saturated heterocycles. The summed E-state index contributed by atoms with van der Waals surface area (Å²) < 4.78 is 64.6. The molecule has 0 radical (unpaired) electrons. The van der Waals surface area contributed by atoms with Gasteiger partial charge in [-0.05, 0) is 24.3 Å². The molecule has 1 N–H and O–H groups in total. The number of pyridine rings is 1. The number of hydrogen-bond donors (Lipinski definition) is 1. The Balaban J connectivity index is 2.32. The molecule has 2 rings (SSSR count). The molecule has 1 amide bonds. The molecule has 0 aliphatic heterocycles. The molecule has 1 heterocycles. The number of carbonyl (C=O) groups is 1. The molecule has 0 fully saturated rings. The number of carbonyl (C=O) groups excluding carboxylic acids is 1. The third-order valence-corrected chi connectivity index (χ3v) is 6.22. The monoisotopic (exact) mass is 471 g/mol. The minimum Gasteiger partial charge on any atom is -0.324 e. The van der Waals surface area contributed by atoms with Crippen molar-refractivity contribution in [1.82, 2.24) is 8.87 Å².